The molecule has 5 aromatic heterocycles. The molecule has 0 saturated heterocycles. The van der Waals surface area contributed by atoms with Gasteiger partial charge in [0.2, 0.25) is 0 Å². The summed E-state index contributed by atoms with van der Waals surface area (Å²) in [6.07, 6.45) is 5.34. The van der Waals surface area contributed by atoms with Crippen molar-refractivity contribution in [2.24, 2.45) is 0 Å². The zero-order valence-electron chi connectivity index (χ0n) is 34.9. The van der Waals surface area contributed by atoms with E-state index in [0.717, 1.165) is 22.4 Å². The number of pyridine rings is 2. The van der Waals surface area contributed by atoms with Crippen molar-refractivity contribution >= 4 is 33.4 Å². The topological polar surface area (TPSA) is 88.4 Å². The second kappa shape index (κ2) is 14.0. The van der Waals surface area contributed by atoms with E-state index in [4.69, 9.17) is 4.98 Å². The van der Waals surface area contributed by atoms with Gasteiger partial charge in [-0.25, -0.2) is 28.7 Å². The first-order valence-electron chi connectivity index (χ1n) is 20.4. The number of nitrogens with zero attached hydrogens (tertiary/aromatic N) is 8. The van der Waals surface area contributed by atoms with E-state index >= 15 is 4.79 Å². The van der Waals surface area contributed by atoms with Gasteiger partial charge in [-0.05, 0) is 94.8 Å². The minimum absolute atomic E-state index is 0.0641. The molecule has 0 aliphatic heterocycles. The second-order valence-electron chi connectivity index (χ2n) is 17.5. The number of imidazole rings is 3. The third-order valence-electron chi connectivity index (χ3n) is 11.3. The van der Waals surface area contributed by atoms with E-state index in [1.165, 1.54) is 15.7 Å². The highest BCUT2D eigenvalue weighted by molar-refractivity contribution is 5.90. The first-order valence-corrected chi connectivity index (χ1v) is 20.4. The maximum Gasteiger partial charge on any atom is 0.340 e. The molecule has 0 saturated carbocycles. The minimum Gasteiger partial charge on any atom is -0.292 e. The highest BCUT2D eigenvalue weighted by Gasteiger charge is 2.26. The van der Waals surface area contributed by atoms with Crippen LogP contribution in [0, 0.1) is 6.33 Å². The van der Waals surface area contributed by atoms with Gasteiger partial charge in [0, 0.05) is 11.9 Å². The summed E-state index contributed by atoms with van der Waals surface area (Å²) in [5.74, 6) is 0.420. The number of hydrogen-bond acceptors (Lipinski definition) is 4. The van der Waals surface area contributed by atoms with Gasteiger partial charge < -0.3 is 0 Å². The molecule has 0 amide bonds. The molecule has 10 nitrogen and oxygen atoms in total. The first kappa shape index (κ1) is 37.7. The molecule has 0 fully saturated rings. The van der Waals surface area contributed by atoms with E-state index in [9.17, 15) is 4.79 Å². The Labute approximate surface area is 352 Å². The summed E-state index contributed by atoms with van der Waals surface area (Å²) in [7, 11) is 0. The first-order chi connectivity index (χ1) is 29.4. The van der Waals surface area contributed by atoms with Crippen molar-refractivity contribution in [3.63, 3.8) is 0 Å². The van der Waals surface area contributed by atoms with Crippen molar-refractivity contribution < 1.29 is 4.57 Å². The van der Waals surface area contributed by atoms with Crippen LogP contribution in [-0.4, -0.2) is 32.8 Å². The molecular weight excluding hydrogens is 757 g/mol. The smallest absolute Gasteiger partial charge is 0.292 e. The van der Waals surface area contributed by atoms with Crippen LogP contribution in [0.2, 0.25) is 0 Å². The molecule has 5 heterocycles. The monoisotopic (exact) mass is 800 g/mol. The molecule has 0 unspecified atom stereocenters. The van der Waals surface area contributed by atoms with Gasteiger partial charge in [0.15, 0.2) is 11.3 Å². The standard InChI is InChI=1S/C51H44N8O2/c1-50(2,3)34-28-35(51(4,5)6)30-40(29-34)55-33-54(41-24-13-14-25-42(41)55)38-22-17-23-39(31-38)58-46-43(56(48(58)60)36-18-9-7-10-19-36)32-44-47(53-46)59(45-26-15-16-27-52-45)49(61)57(44)37-20-11-8-12-21-37/h7-32H,1-6H3. The molecule has 0 aliphatic rings. The van der Waals surface area contributed by atoms with Crippen molar-refractivity contribution in [1.29, 1.82) is 0 Å². The van der Waals surface area contributed by atoms with Gasteiger partial charge in [0.1, 0.15) is 5.82 Å². The van der Waals surface area contributed by atoms with E-state index in [1.807, 2.05) is 114 Å². The van der Waals surface area contributed by atoms with Crippen LogP contribution in [0.15, 0.2) is 167 Å². The Morgan fingerprint density at radius 1 is 0.492 bits per heavy atom. The number of aromatic nitrogens is 8. The van der Waals surface area contributed by atoms with Crippen LogP contribution in [0.5, 0.6) is 0 Å². The van der Waals surface area contributed by atoms with Crippen LogP contribution in [0.25, 0.3) is 67.6 Å². The highest BCUT2D eigenvalue weighted by atomic mass is 16.2. The van der Waals surface area contributed by atoms with Crippen molar-refractivity contribution in [2.45, 2.75) is 52.4 Å². The van der Waals surface area contributed by atoms with Gasteiger partial charge in [-0.2, -0.15) is 0 Å². The van der Waals surface area contributed by atoms with Crippen molar-refractivity contribution in [3.8, 4) is 34.3 Å². The van der Waals surface area contributed by atoms with E-state index in [1.54, 1.807) is 32.0 Å². The lowest BCUT2D eigenvalue weighted by Crippen LogP contribution is -2.31. The number of fused-ring (bicyclic) bond motifs is 3. The van der Waals surface area contributed by atoms with Crippen molar-refractivity contribution in [2.75, 3.05) is 0 Å². The molecule has 10 heteroatoms. The van der Waals surface area contributed by atoms with Gasteiger partial charge in [-0.3, -0.25) is 18.3 Å². The normalized spacial score (nSPS) is 12.2. The van der Waals surface area contributed by atoms with Crippen LogP contribution in [-0.2, 0) is 10.8 Å². The van der Waals surface area contributed by atoms with Crippen LogP contribution in [0.1, 0.15) is 52.7 Å². The second-order valence-corrected chi connectivity index (χ2v) is 17.5. The zero-order valence-corrected chi connectivity index (χ0v) is 34.9. The predicted octanol–water partition coefficient (Wildman–Crippen LogP) is 9.28. The van der Waals surface area contributed by atoms with Gasteiger partial charge >= 0.3 is 11.4 Å². The summed E-state index contributed by atoms with van der Waals surface area (Å²) in [6, 6.07) is 49.3. The van der Waals surface area contributed by atoms with E-state index in [-0.39, 0.29) is 22.2 Å². The minimum atomic E-state index is -0.326. The molecule has 10 rings (SSSR count). The Morgan fingerprint density at radius 2 is 1.03 bits per heavy atom. The summed E-state index contributed by atoms with van der Waals surface area (Å²) < 4.78 is 10.6. The summed E-state index contributed by atoms with van der Waals surface area (Å²) in [5.41, 5.74) is 9.30. The van der Waals surface area contributed by atoms with Crippen molar-refractivity contribution in [3.05, 3.63) is 196 Å². The van der Waals surface area contributed by atoms with Crippen molar-refractivity contribution in [1.82, 2.24) is 32.8 Å². The number of rotatable bonds is 6. The number of para-hydroxylation sites is 4. The Morgan fingerprint density at radius 3 is 1.64 bits per heavy atom. The van der Waals surface area contributed by atoms with Crippen LogP contribution in [0.3, 0.4) is 0 Å². The van der Waals surface area contributed by atoms with Gasteiger partial charge in [0.05, 0.1) is 44.8 Å². The lowest BCUT2D eigenvalue weighted by molar-refractivity contribution is -0.572. The lowest BCUT2D eigenvalue weighted by Gasteiger charge is -2.26. The SMILES string of the molecule is CC(C)(C)c1cc(-[n+]2[c-]n(-c3cccc(-n4c(=O)n(-c5ccccc5)c5cc6c(nc54)n(-c4ccccn4)c(=O)n6-c4ccccc4)c3)c3ccccc32)cc(C(C)(C)C)c1. The summed E-state index contributed by atoms with van der Waals surface area (Å²) >= 11 is 0. The predicted molar refractivity (Wildman–Crippen MR) is 241 cm³/mol. The molecule has 0 aliphatic carbocycles. The molecule has 10 aromatic rings. The van der Waals surface area contributed by atoms with Gasteiger partial charge in [0.25, 0.3) is 6.33 Å². The molecule has 0 bridgehead atoms. The third kappa shape index (κ3) is 6.30. The fraction of sp³-hybridized carbons (Fsp3) is 0.157. The molecule has 0 radical (unpaired) electrons. The Bertz CT molecular complexity index is 3380. The number of benzene rings is 5. The lowest BCUT2D eigenvalue weighted by atomic mass is 9.80. The molecule has 0 N–H and O–H groups in total. The quantitative estimate of drug-likeness (QED) is 0.124. The summed E-state index contributed by atoms with van der Waals surface area (Å²) in [5, 5.41) is 0. The number of hydrogen-bond donors (Lipinski definition) is 0. The largest absolute Gasteiger partial charge is 0.340 e. The molecule has 61 heavy (non-hydrogen) atoms. The third-order valence-corrected chi connectivity index (χ3v) is 11.3. The summed E-state index contributed by atoms with van der Waals surface area (Å²) in [4.78, 5) is 39.3. The van der Waals surface area contributed by atoms with Gasteiger partial charge in [-0.15, -0.1) is 0 Å². The molecular formula is C51H44N8O2. The molecule has 0 atom stereocenters. The fourth-order valence-electron chi connectivity index (χ4n) is 8.12. The van der Waals surface area contributed by atoms with Crippen LogP contribution < -0.4 is 15.9 Å². The zero-order chi connectivity index (χ0) is 42.2. The maximum atomic E-state index is 15.0. The van der Waals surface area contributed by atoms with Gasteiger partial charge in [-0.1, -0.05) is 120 Å². The average molecular weight is 801 g/mol. The summed E-state index contributed by atoms with van der Waals surface area (Å²) in [6.45, 7) is 13.5. The van der Waals surface area contributed by atoms with Crippen LogP contribution in [0.4, 0.5) is 0 Å². The van der Waals surface area contributed by atoms with E-state index in [0.29, 0.717) is 45.2 Å². The fourth-order valence-corrected chi connectivity index (χ4v) is 8.12. The Balaban J connectivity index is 1.23. The van der Waals surface area contributed by atoms with E-state index in [2.05, 4.69) is 87.8 Å². The average Bonchev–Trinajstić information content (AvgIpc) is 3.89. The molecule has 300 valence electrons. The van der Waals surface area contributed by atoms with E-state index < -0.39 is 0 Å². The molecule has 5 aromatic carbocycles. The Kier molecular flexibility index (Phi) is 8.65. The Hall–Kier alpha value is -7.59. The highest BCUT2D eigenvalue weighted by Crippen LogP contribution is 2.32. The molecule has 0 spiro atoms. The maximum absolute atomic E-state index is 15.0. The van der Waals surface area contributed by atoms with Crippen LogP contribution >= 0.6 is 0 Å².